The number of amides is 1. The molecule has 0 aliphatic heterocycles. The van der Waals surface area contributed by atoms with Crippen LogP contribution >= 0.6 is 11.6 Å². The molecular formula is C21H22ClN3O. The van der Waals surface area contributed by atoms with Gasteiger partial charge in [0, 0.05) is 22.6 Å². The number of nitriles is 1. The van der Waals surface area contributed by atoms with Crippen molar-refractivity contribution in [3.05, 3.63) is 69.9 Å². The van der Waals surface area contributed by atoms with E-state index in [1.54, 1.807) is 6.07 Å². The Kier molecular flexibility index (Phi) is 6.43. The number of para-hydroxylation sites is 1. The van der Waals surface area contributed by atoms with E-state index in [2.05, 4.69) is 24.5 Å². The summed E-state index contributed by atoms with van der Waals surface area (Å²) in [4.78, 5) is 12.5. The predicted molar refractivity (Wildman–Crippen MR) is 107 cm³/mol. The van der Waals surface area contributed by atoms with Gasteiger partial charge in [-0.1, -0.05) is 49.7 Å². The molecule has 2 aromatic rings. The molecule has 0 heterocycles. The zero-order chi connectivity index (χ0) is 19.3. The Morgan fingerprint density at radius 1 is 1.19 bits per heavy atom. The van der Waals surface area contributed by atoms with E-state index in [4.69, 9.17) is 11.6 Å². The Hall–Kier alpha value is -2.77. The molecule has 2 rings (SSSR count). The highest BCUT2D eigenvalue weighted by Gasteiger charge is 2.15. The summed E-state index contributed by atoms with van der Waals surface area (Å²) in [5.74, 6) is -0.193. The van der Waals surface area contributed by atoms with Gasteiger partial charge < -0.3 is 10.6 Å². The van der Waals surface area contributed by atoms with Gasteiger partial charge in [0.2, 0.25) is 0 Å². The number of hydrogen-bond acceptors (Lipinski definition) is 3. The van der Waals surface area contributed by atoms with Crippen LogP contribution in [0.1, 0.15) is 36.5 Å². The fourth-order valence-corrected chi connectivity index (χ4v) is 2.69. The molecule has 0 aromatic heterocycles. The lowest BCUT2D eigenvalue weighted by atomic mass is 9.98. The normalized spacial score (nSPS) is 11.2. The van der Waals surface area contributed by atoms with Gasteiger partial charge in [0.25, 0.3) is 5.91 Å². The van der Waals surface area contributed by atoms with Crippen molar-refractivity contribution >= 4 is 28.9 Å². The summed E-state index contributed by atoms with van der Waals surface area (Å²) < 4.78 is 0. The minimum Gasteiger partial charge on any atom is -0.360 e. The molecule has 134 valence electrons. The topological polar surface area (TPSA) is 64.9 Å². The van der Waals surface area contributed by atoms with Crippen molar-refractivity contribution in [2.24, 2.45) is 0 Å². The van der Waals surface area contributed by atoms with Gasteiger partial charge in [0.1, 0.15) is 11.6 Å². The molecule has 4 nitrogen and oxygen atoms in total. The number of aryl methyl sites for hydroxylation is 2. The third-order valence-electron chi connectivity index (χ3n) is 4.09. The van der Waals surface area contributed by atoms with E-state index < -0.39 is 5.91 Å². The van der Waals surface area contributed by atoms with Crippen LogP contribution in [0.25, 0.3) is 0 Å². The van der Waals surface area contributed by atoms with Crippen molar-refractivity contribution in [2.45, 2.75) is 33.6 Å². The molecular weight excluding hydrogens is 346 g/mol. The summed E-state index contributed by atoms with van der Waals surface area (Å²) >= 11 is 6.09. The fourth-order valence-electron chi connectivity index (χ4n) is 2.51. The quantitative estimate of drug-likeness (QED) is 0.538. The van der Waals surface area contributed by atoms with E-state index in [0.29, 0.717) is 10.7 Å². The van der Waals surface area contributed by atoms with Gasteiger partial charge in [-0.15, -0.1) is 0 Å². The lowest BCUT2D eigenvalue weighted by Crippen LogP contribution is -2.17. The number of nitrogens with one attached hydrogen (secondary N) is 2. The monoisotopic (exact) mass is 367 g/mol. The molecule has 0 aliphatic rings. The third-order valence-corrected chi connectivity index (χ3v) is 4.49. The molecule has 0 fully saturated rings. The molecule has 5 heteroatoms. The molecule has 2 N–H and O–H groups in total. The number of nitrogens with zero attached hydrogens (tertiary/aromatic N) is 1. The zero-order valence-corrected chi connectivity index (χ0v) is 16.1. The average molecular weight is 368 g/mol. The van der Waals surface area contributed by atoms with Crippen LogP contribution in [0.15, 0.2) is 48.2 Å². The molecule has 0 radical (unpaired) electrons. The van der Waals surface area contributed by atoms with Gasteiger partial charge in [-0.05, 0) is 48.6 Å². The largest absolute Gasteiger partial charge is 0.360 e. The Morgan fingerprint density at radius 3 is 2.54 bits per heavy atom. The number of carbonyl (C=O) groups is 1. The minimum absolute atomic E-state index is 0.0142. The lowest BCUT2D eigenvalue weighted by Gasteiger charge is -2.16. The summed E-state index contributed by atoms with van der Waals surface area (Å²) in [7, 11) is 0. The second kappa shape index (κ2) is 8.55. The van der Waals surface area contributed by atoms with Crippen LogP contribution < -0.4 is 10.6 Å². The van der Waals surface area contributed by atoms with Crippen LogP contribution in [0.3, 0.4) is 0 Å². The Morgan fingerprint density at radius 2 is 1.92 bits per heavy atom. The number of rotatable bonds is 5. The number of anilines is 2. The van der Waals surface area contributed by atoms with Crippen LogP contribution in [0, 0.1) is 25.2 Å². The van der Waals surface area contributed by atoms with E-state index in [9.17, 15) is 10.1 Å². The van der Waals surface area contributed by atoms with Gasteiger partial charge >= 0.3 is 0 Å². The van der Waals surface area contributed by atoms with Crippen LogP contribution in [0.5, 0.6) is 0 Å². The molecule has 26 heavy (non-hydrogen) atoms. The van der Waals surface area contributed by atoms with Gasteiger partial charge in [-0.3, -0.25) is 4.79 Å². The lowest BCUT2D eigenvalue weighted by molar-refractivity contribution is -0.112. The van der Waals surface area contributed by atoms with Crippen LogP contribution in [0.2, 0.25) is 5.02 Å². The van der Waals surface area contributed by atoms with Crippen molar-refractivity contribution in [3.8, 4) is 6.07 Å². The first-order valence-electron chi connectivity index (χ1n) is 8.37. The standard InChI is InChI=1S/C21H22ClN3O/c1-13(2)18-7-5-6-15(4)20(18)25-21(26)16(11-23)12-24-17-9-8-14(3)19(22)10-17/h5-10,12-13,24H,1-4H3,(H,25,26)/b16-12-. The number of benzene rings is 2. The molecule has 0 atom stereocenters. The van der Waals surface area contributed by atoms with Crippen molar-refractivity contribution in [3.63, 3.8) is 0 Å². The summed E-state index contributed by atoms with van der Waals surface area (Å²) in [6.45, 7) is 7.97. The summed E-state index contributed by atoms with van der Waals surface area (Å²) in [5.41, 5.74) is 4.40. The molecule has 0 spiro atoms. The highest BCUT2D eigenvalue weighted by Crippen LogP contribution is 2.27. The van der Waals surface area contributed by atoms with E-state index in [-0.39, 0.29) is 11.5 Å². The Balaban J connectivity index is 2.22. The molecule has 2 aromatic carbocycles. The van der Waals surface area contributed by atoms with E-state index >= 15 is 0 Å². The minimum atomic E-state index is -0.450. The smallest absolute Gasteiger partial charge is 0.267 e. The van der Waals surface area contributed by atoms with E-state index in [1.807, 2.05) is 50.2 Å². The van der Waals surface area contributed by atoms with Crippen molar-refractivity contribution in [1.82, 2.24) is 0 Å². The number of carbonyl (C=O) groups excluding carboxylic acids is 1. The summed E-state index contributed by atoms with van der Waals surface area (Å²) in [6.07, 6.45) is 1.39. The van der Waals surface area contributed by atoms with Crippen molar-refractivity contribution < 1.29 is 4.79 Å². The molecule has 0 saturated carbocycles. The zero-order valence-electron chi connectivity index (χ0n) is 15.4. The molecule has 1 amide bonds. The second-order valence-electron chi connectivity index (χ2n) is 6.43. The molecule has 0 bridgehead atoms. The predicted octanol–water partition coefficient (Wildman–Crippen LogP) is 5.54. The highest BCUT2D eigenvalue weighted by atomic mass is 35.5. The van der Waals surface area contributed by atoms with Gasteiger partial charge in [0.15, 0.2) is 0 Å². The van der Waals surface area contributed by atoms with Gasteiger partial charge in [0.05, 0.1) is 0 Å². The van der Waals surface area contributed by atoms with Crippen LogP contribution in [-0.4, -0.2) is 5.91 Å². The fraction of sp³-hybridized carbons (Fsp3) is 0.238. The third kappa shape index (κ3) is 4.65. The van der Waals surface area contributed by atoms with Gasteiger partial charge in [-0.2, -0.15) is 5.26 Å². The number of halogens is 1. The second-order valence-corrected chi connectivity index (χ2v) is 6.83. The molecule has 0 saturated heterocycles. The Labute approximate surface area is 159 Å². The van der Waals surface area contributed by atoms with Crippen LogP contribution in [0.4, 0.5) is 11.4 Å². The summed E-state index contributed by atoms with van der Waals surface area (Å²) in [5, 5.41) is 15.8. The van der Waals surface area contributed by atoms with E-state index in [1.165, 1.54) is 6.20 Å². The molecule has 0 aliphatic carbocycles. The highest BCUT2D eigenvalue weighted by molar-refractivity contribution is 6.31. The van der Waals surface area contributed by atoms with E-state index in [0.717, 1.165) is 22.4 Å². The molecule has 0 unspecified atom stereocenters. The maximum Gasteiger partial charge on any atom is 0.267 e. The van der Waals surface area contributed by atoms with Crippen LogP contribution in [-0.2, 0) is 4.79 Å². The average Bonchev–Trinajstić information content (AvgIpc) is 2.60. The first kappa shape index (κ1) is 19.6. The first-order chi connectivity index (χ1) is 12.3. The van der Waals surface area contributed by atoms with Gasteiger partial charge in [-0.25, -0.2) is 0 Å². The Bertz CT molecular complexity index is 895. The first-order valence-corrected chi connectivity index (χ1v) is 8.75. The number of hydrogen-bond donors (Lipinski definition) is 2. The SMILES string of the molecule is Cc1ccc(N/C=C(/C#N)C(=O)Nc2c(C)cccc2C(C)C)cc1Cl. The van der Waals surface area contributed by atoms with Crippen molar-refractivity contribution in [2.75, 3.05) is 10.6 Å². The van der Waals surface area contributed by atoms with Crippen molar-refractivity contribution in [1.29, 1.82) is 5.26 Å². The maximum absolute atomic E-state index is 12.5. The maximum atomic E-state index is 12.5. The summed E-state index contributed by atoms with van der Waals surface area (Å²) in [6, 6.07) is 13.3.